The normalized spacial score (nSPS) is 23.1. The number of aromatic nitrogens is 3. The standard InChI is InChI=1S/C13H27N7/c1-4-5-20-13(9-15-17-20)12(16-14)8-11-10-18(2)6-7-19(11)3/h9,11-12,16H,4-8,10,14H2,1-3H3. The predicted octanol–water partition coefficient (Wildman–Crippen LogP) is -0.172. The fourth-order valence-corrected chi connectivity index (χ4v) is 2.82. The fraction of sp³-hybridized carbons (Fsp3) is 0.846. The molecule has 7 nitrogen and oxygen atoms in total. The lowest BCUT2D eigenvalue weighted by atomic mass is 10.0. The quantitative estimate of drug-likeness (QED) is 0.557. The van der Waals surface area contributed by atoms with Crippen LogP contribution < -0.4 is 11.3 Å². The Hall–Kier alpha value is -1.02. The molecule has 1 fully saturated rings. The van der Waals surface area contributed by atoms with Crippen molar-refractivity contribution in [3.63, 3.8) is 0 Å². The SMILES string of the molecule is CCCn1nncc1C(CC1CN(C)CCN1C)NN. The Labute approximate surface area is 121 Å². The molecule has 2 heterocycles. The van der Waals surface area contributed by atoms with Gasteiger partial charge in [0.05, 0.1) is 17.9 Å². The molecule has 7 heteroatoms. The minimum absolute atomic E-state index is 0.0931. The molecule has 0 spiro atoms. The van der Waals surface area contributed by atoms with E-state index in [1.165, 1.54) is 0 Å². The maximum atomic E-state index is 5.78. The first-order chi connectivity index (χ1) is 9.65. The average molecular weight is 281 g/mol. The van der Waals surface area contributed by atoms with Crippen LogP contribution in [0.15, 0.2) is 6.20 Å². The molecule has 0 aliphatic carbocycles. The van der Waals surface area contributed by atoms with Gasteiger partial charge in [0.15, 0.2) is 0 Å². The second-order valence-corrected chi connectivity index (χ2v) is 5.73. The summed E-state index contributed by atoms with van der Waals surface area (Å²) in [6.07, 6.45) is 3.83. The van der Waals surface area contributed by atoms with E-state index in [-0.39, 0.29) is 6.04 Å². The van der Waals surface area contributed by atoms with Crippen molar-refractivity contribution >= 4 is 0 Å². The van der Waals surface area contributed by atoms with Gasteiger partial charge in [-0.3, -0.25) is 11.3 Å². The number of nitrogens with two attached hydrogens (primary N) is 1. The molecule has 2 atom stereocenters. The minimum atomic E-state index is 0.0931. The van der Waals surface area contributed by atoms with Crippen LogP contribution in [0, 0.1) is 0 Å². The van der Waals surface area contributed by atoms with Crippen molar-refractivity contribution in [2.45, 2.75) is 38.4 Å². The van der Waals surface area contributed by atoms with Crippen LogP contribution >= 0.6 is 0 Å². The molecule has 0 amide bonds. The summed E-state index contributed by atoms with van der Waals surface area (Å²) in [5, 5.41) is 8.18. The molecule has 1 aromatic heterocycles. The van der Waals surface area contributed by atoms with E-state index >= 15 is 0 Å². The van der Waals surface area contributed by atoms with Crippen molar-refractivity contribution in [2.75, 3.05) is 33.7 Å². The topological polar surface area (TPSA) is 75.2 Å². The van der Waals surface area contributed by atoms with E-state index in [9.17, 15) is 0 Å². The van der Waals surface area contributed by atoms with Gasteiger partial charge in [0.1, 0.15) is 0 Å². The lowest BCUT2D eigenvalue weighted by Crippen LogP contribution is -2.51. The van der Waals surface area contributed by atoms with Crippen molar-refractivity contribution in [3.8, 4) is 0 Å². The molecule has 1 saturated heterocycles. The lowest BCUT2D eigenvalue weighted by Gasteiger charge is -2.39. The molecule has 2 unspecified atom stereocenters. The molecule has 0 aromatic carbocycles. The molecule has 1 aliphatic rings. The highest BCUT2D eigenvalue weighted by Gasteiger charge is 2.27. The summed E-state index contributed by atoms with van der Waals surface area (Å²) in [6.45, 7) is 6.33. The van der Waals surface area contributed by atoms with Gasteiger partial charge in [0.25, 0.3) is 0 Å². The van der Waals surface area contributed by atoms with Gasteiger partial charge in [0, 0.05) is 32.2 Å². The van der Waals surface area contributed by atoms with Crippen LogP contribution in [0.3, 0.4) is 0 Å². The number of hydrogen-bond acceptors (Lipinski definition) is 6. The summed E-state index contributed by atoms with van der Waals surface area (Å²) >= 11 is 0. The van der Waals surface area contributed by atoms with Gasteiger partial charge in [0.2, 0.25) is 0 Å². The van der Waals surface area contributed by atoms with Gasteiger partial charge in [-0.2, -0.15) is 0 Å². The molecule has 20 heavy (non-hydrogen) atoms. The van der Waals surface area contributed by atoms with Gasteiger partial charge >= 0.3 is 0 Å². The molecule has 0 bridgehead atoms. The Morgan fingerprint density at radius 1 is 1.45 bits per heavy atom. The van der Waals surface area contributed by atoms with Gasteiger partial charge in [-0.25, -0.2) is 4.68 Å². The average Bonchev–Trinajstić information content (AvgIpc) is 2.88. The van der Waals surface area contributed by atoms with Crippen molar-refractivity contribution in [1.82, 2.24) is 30.2 Å². The van der Waals surface area contributed by atoms with Gasteiger partial charge in [-0.05, 0) is 26.9 Å². The first-order valence-electron chi connectivity index (χ1n) is 7.39. The highest BCUT2D eigenvalue weighted by Crippen LogP contribution is 2.21. The third-order valence-electron chi connectivity index (χ3n) is 4.13. The second-order valence-electron chi connectivity index (χ2n) is 5.73. The second kappa shape index (κ2) is 7.12. The third-order valence-corrected chi connectivity index (χ3v) is 4.13. The molecule has 1 aromatic rings. The summed E-state index contributed by atoms with van der Waals surface area (Å²) in [4.78, 5) is 4.79. The number of hydrazine groups is 1. The Balaban J connectivity index is 2.06. The van der Waals surface area contributed by atoms with Crippen molar-refractivity contribution in [3.05, 3.63) is 11.9 Å². The first kappa shape index (κ1) is 15.4. The summed E-state index contributed by atoms with van der Waals surface area (Å²) < 4.78 is 1.96. The van der Waals surface area contributed by atoms with Crippen LogP contribution in [-0.4, -0.2) is 64.6 Å². The van der Waals surface area contributed by atoms with Crippen LogP contribution in [0.5, 0.6) is 0 Å². The highest BCUT2D eigenvalue weighted by molar-refractivity contribution is 5.03. The summed E-state index contributed by atoms with van der Waals surface area (Å²) in [5.41, 5.74) is 4.02. The van der Waals surface area contributed by atoms with E-state index in [0.29, 0.717) is 6.04 Å². The van der Waals surface area contributed by atoms with Crippen LogP contribution in [0.2, 0.25) is 0 Å². The number of nitrogens with zero attached hydrogens (tertiary/aromatic N) is 5. The van der Waals surface area contributed by atoms with Crippen LogP contribution in [0.1, 0.15) is 31.5 Å². The Morgan fingerprint density at radius 2 is 2.25 bits per heavy atom. The maximum Gasteiger partial charge on any atom is 0.0770 e. The Bertz CT molecular complexity index is 405. The smallest absolute Gasteiger partial charge is 0.0770 e. The largest absolute Gasteiger partial charge is 0.304 e. The van der Waals surface area contributed by atoms with Crippen LogP contribution in [0.25, 0.3) is 0 Å². The zero-order valence-electron chi connectivity index (χ0n) is 12.8. The molecule has 2 rings (SSSR count). The summed E-state index contributed by atoms with van der Waals surface area (Å²) in [5.74, 6) is 5.78. The molecule has 1 aliphatic heterocycles. The fourth-order valence-electron chi connectivity index (χ4n) is 2.82. The Kier molecular flexibility index (Phi) is 5.47. The molecule has 0 saturated carbocycles. The number of piperazine rings is 1. The monoisotopic (exact) mass is 281 g/mol. The van der Waals surface area contributed by atoms with E-state index < -0.39 is 0 Å². The number of likely N-dealkylation sites (N-methyl/N-ethyl adjacent to an activating group) is 2. The lowest BCUT2D eigenvalue weighted by molar-refractivity contribution is 0.100. The van der Waals surface area contributed by atoms with E-state index in [0.717, 1.165) is 44.7 Å². The number of rotatable bonds is 6. The van der Waals surface area contributed by atoms with Gasteiger partial charge in [-0.1, -0.05) is 12.1 Å². The molecule has 3 N–H and O–H groups in total. The highest BCUT2D eigenvalue weighted by atomic mass is 15.4. The van der Waals surface area contributed by atoms with Crippen LogP contribution in [0.4, 0.5) is 0 Å². The van der Waals surface area contributed by atoms with Crippen molar-refractivity contribution in [1.29, 1.82) is 0 Å². The maximum absolute atomic E-state index is 5.78. The van der Waals surface area contributed by atoms with E-state index in [4.69, 9.17) is 5.84 Å². The zero-order chi connectivity index (χ0) is 14.5. The van der Waals surface area contributed by atoms with Gasteiger partial charge in [-0.15, -0.1) is 5.10 Å². The zero-order valence-corrected chi connectivity index (χ0v) is 12.8. The summed E-state index contributed by atoms with van der Waals surface area (Å²) in [6, 6.07) is 0.593. The molecule has 0 radical (unpaired) electrons. The number of nitrogens with one attached hydrogen (secondary N) is 1. The van der Waals surface area contributed by atoms with Gasteiger partial charge < -0.3 is 9.80 Å². The van der Waals surface area contributed by atoms with Crippen molar-refractivity contribution in [2.24, 2.45) is 5.84 Å². The Morgan fingerprint density at radius 3 is 2.95 bits per heavy atom. The van der Waals surface area contributed by atoms with Crippen molar-refractivity contribution < 1.29 is 0 Å². The molecule has 114 valence electrons. The molecular weight excluding hydrogens is 254 g/mol. The van der Waals surface area contributed by atoms with E-state index in [1.54, 1.807) is 0 Å². The predicted molar refractivity (Wildman–Crippen MR) is 78.9 cm³/mol. The summed E-state index contributed by atoms with van der Waals surface area (Å²) in [7, 11) is 4.36. The number of hydrogen-bond donors (Lipinski definition) is 2. The van der Waals surface area contributed by atoms with E-state index in [2.05, 4.69) is 46.6 Å². The van der Waals surface area contributed by atoms with Crippen LogP contribution in [-0.2, 0) is 6.54 Å². The van der Waals surface area contributed by atoms with E-state index in [1.807, 2.05) is 10.9 Å². The minimum Gasteiger partial charge on any atom is -0.304 e. The molecular formula is C13H27N7. The first-order valence-corrected chi connectivity index (χ1v) is 7.39. The number of aryl methyl sites for hydroxylation is 1. The third kappa shape index (κ3) is 3.54.